The van der Waals surface area contributed by atoms with Crippen LogP contribution in [-0.2, 0) is 9.47 Å². The van der Waals surface area contributed by atoms with Crippen molar-refractivity contribution in [3.63, 3.8) is 0 Å². The molecule has 0 aliphatic carbocycles. The minimum Gasteiger partial charge on any atom is -0.376 e. The Morgan fingerprint density at radius 1 is 1.35 bits per heavy atom. The van der Waals surface area contributed by atoms with Crippen LogP contribution < -0.4 is 5.32 Å². The summed E-state index contributed by atoms with van der Waals surface area (Å²) in [7, 11) is 0. The number of hydrogen-bond acceptors (Lipinski definition) is 3. The number of morpholine rings is 1. The molecule has 2 fully saturated rings. The standard InChI is InChI=1S/C12H22N2O2S/c1-9-7-14(8-10(2)16-9)12(17)13-6-11-4-3-5-15-11/h9-11H,3-8H2,1-2H3,(H,13,17)/t9-,10-,11-/m0/s1. The monoisotopic (exact) mass is 258 g/mol. The second-order valence-electron chi connectivity index (χ2n) is 4.98. The number of nitrogens with one attached hydrogen (secondary N) is 1. The zero-order valence-corrected chi connectivity index (χ0v) is 11.5. The average Bonchev–Trinajstić information content (AvgIpc) is 2.77. The van der Waals surface area contributed by atoms with Crippen molar-refractivity contribution >= 4 is 17.3 Å². The zero-order valence-electron chi connectivity index (χ0n) is 10.6. The highest BCUT2D eigenvalue weighted by atomic mass is 32.1. The zero-order chi connectivity index (χ0) is 12.3. The number of hydrogen-bond donors (Lipinski definition) is 1. The molecule has 3 atom stereocenters. The Bertz CT molecular complexity index is 259. The summed E-state index contributed by atoms with van der Waals surface area (Å²) < 4.78 is 11.3. The summed E-state index contributed by atoms with van der Waals surface area (Å²) in [5.74, 6) is 0. The van der Waals surface area contributed by atoms with E-state index in [4.69, 9.17) is 21.7 Å². The van der Waals surface area contributed by atoms with Crippen LogP contribution in [0.4, 0.5) is 0 Å². The Morgan fingerprint density at radius 2 is 2.06 bits per heavy atom. The quantitative estimate of drug-likeness (QED) is 0.752. The molecule has 2 heterocycles. The van der Waals surface area contributed by atoms with Crippen molar-refractivity contribution in [2.45, 2.75) is 45.0 Å². The minimum absolute atomic E-state index is 0.251. The van der Waals surface area contributed by atoms with Gasteiger partial charge in [-0.05, 0) is 38.9 Å². The van der Waals surface area contributed by atoms with Gasteiger partial charge in [0, 0.05) is 26.2 Å². The largest absolute Gasteiger partial charge is 0.376 e. The van der Waals surface area contributed by atoms with E-state index in [2.05, 4.69) is 24.1 Å². The van der Waals surface area contributed by atoms with Crippen LogP contribution in [0.15, 0.2) is 0 Å². The van der Waals surface area contributed by atoms with Gasteiger partial charge in [-0.25, -0.2) is 0 Å². The fraction of sp³-hybridized carbons (Fsp3) is 0.917. The highest BCUT2D eigenvalue weighted by Crippen LogP contribution is 2.12. The summed E-state index contributed by atoms with van der Waals surface area (Å²) in [6, 6.07) is 0. The molecule has 0 saturated carbocycles. The maximum atomic E-state index is 5.69. The van der Waals surface area contributed by atoms with Gasteiger partial charge in [0.05, 0.1) is 18.3 Å². The lowest BCUT2D eigenvalue weighted by Gasteiger charge is -2.37. The van der Waals surface area contributed by atoms with Gasteiger partial charge in [0.15, 0.2) is 5.11 Å². The molecular weight excluding hydrogens is 236 g/mol. The third kappa shape index (κ3) is 3.79. The lowest BCUT2D eigenvalue weighted by atomic mass is 10.2. The van der Waals surface area contributed by atoms with Crippen LogP contribution in [0.25, 0.3) is 0 Å². The van der Waals surface area contributed by atoms with Crippen molar-refractivity contribution in [3.8, 4) is 0 Å². The van der Waals surface area contributed by atoms with Crippen molar-refractivity contribution in [2.24, 2.45) is 0 Å². The molecule has 0 spiro atoms. The van der Waals surface area contributed by atoms with Crippen molar-refractivity contribution in [1.82, 2.24) is 10.2 Å². The third-order valence-corrected chi connectivity index (χ3v) is 3.61. The fourth-order valence-corrected chi connectivity index (χ4v) is 2.69. The Hall–Kier alpha value is -0.390. The van der Waals surface area contributed by atoms with Crippen molar-refractivity contribution in [2.75, 3.05) is 26.2 Å². The maximum absolute atomic E-state index is 5.69. The molecule has 2 aliphatic heterocycles. The SMILES string of the molecule is C[C@H]1CN(C(=S)NC[C@@H]2CCCO2)C[C@H](C)O1. The van der Waals surface area contributed by atoms with E-state index >= 15 is 0 Å². The molecule has 98 valence electrons. The van der Waals surface area contributed by atoms with Crippen LogP contribution in [0.1, 0.15) is 26.7 Å². The Morgan fingerprint density at radius 3 is 2.65 bits per heavy atom. The van der Waals surface area contributed by atoms with Crippen molar-refractivity contribution in [1.29, 1.82) is 0 Å². The summed E-state index contributed by atoms with van der Waals surface area (Å²) in [4.78, 5) is 2.20. The molecule has 0 aromatic rings. The molecule has 17 heavy (non-hydrogen) atoms. The topological polar surface area (TPSA) is 33.7 Å². The van der Waals surface area contributed by atoms with E-state index in [9.17, 15) is 0 Å². The number of nitrogens with zero attached hydrogens (tertiary/aromatic N) is 1. The number of ether oxygens (including phenoxy) is 2. The summed E-state index contributed by atoms with van der Waals surface area (Å²) in [5.41, 5.74) is 0. The summed E-state index contributed by atoms with van der Waals surface area (Å²) in [6.45, 7) is 7.66. The molecule has 4 nitrogen and oxygen atoms in total. The molecule has 0 bridgehead atoms. The fourth-order valence-electron chi connectivity index (χ4n) is 2.46. The van der Waals surface area contributed by atoms with E-state index < -0.39 is 0 Å². The molecule has 0 aromatic heterocycles. The Balaban J connectivity index is 1.74. The van der Waals surface area contributed by atoms with Gasteiger partial charge in [-0.1, -0.05) is 0 Å². The first-order valence-corrected chi connectivity index (χ1v) is 6.86. The Labute approximate surface area is 109 Å². The van der Waals surface area contributed by atoms with Crippen LogP contribution in [0.2, 0.25) is 0 Å². The molecule has 0 aromatic carbocycles. The van der Waals surface area contributed by atoms with E-state index in [1.54, 1.807) is 0 Å². The summed E-state index contributed by atoms with van der Waals surface area (Å²) in [6.07, 6.45) is 3.15. The summed E-state index contributed by atoms with van der Waals surface area (Å²) in [5, 5.41) is 4.15. The molecule has 2 saturated heterocycles. The minimum atomic E-state index is 0.251. The van der Waals surface area contributed by atoms with Gasteiger partial charge in [0.25, 0.3) is 0 Å². The van der Waals surface area contributed by atoms with Crippen molar-refractivity contribution < 1.29 is 9.47 Å². The lowest BCUT2D eigenvalue weighted by Crippen LogP contribution is -2.52. The number of rotatable bonds is 2. The molecule has 5 heteroatoms. The van der Waals surface area contributed by atoms with Gasteiger partial charge >= 0.3 is 0 Å². The first-order valence-electron chi connectivity index (χ1n) is 6.45. The van der Waals surface area contributed by atoms with E-state index in [1.807, 2.05) is 0 Å². The van der Waals surface area contributed by atoms with Gasteiger partial charge in [-0.15, -0.1) is 0 Å². The normalized spacial score (nSPS) is 33.8. The molecule has 0 amide bonds. The van der Waals surface area contributed by atoms with Crippen LogP contribution in [0, 0.1) is 0 Å². The van der Waals surface area contributed by atoms with Crippen LogP contribution in [0.5, 0.6) is 0 Å². The Kier molecular flexibility index (Phi) is 4.59. The second kappa shape index (κ2) is 5.98. The van der Waals surface area contributed by atoms with E-state index in [1.165, 1.54) is 6.42 Å². The second-order valence-corrected chi connectivity index (χ2v) is 5.37. The molecule has 0 unspecified atom stereocenters. The van der Waals surface area contributed by atoms with E-state index in [0.29, 0.717) is 6.10 Å². The first kappa shape index (κ1) is 13.1. The van der Waals surface area contributed by atoms with Crippen LogP contribution >= 0.6 is 12.2 Å². The smallest absolute Gasteiger partial charge is 0.169 e. The van der Waals surface area contributed by atoms with E-state index in [0.717, 1.165) is 37.8 Å². The average molecular weight is 258 g/mol. The van der Waals surface area contributed by atoms with Gasteiger partial charge in [-0.3, -0.25) is 0 Å². The van der Waals surface area contributed by atoms with Crippen LogP contribution in [-0.4, -0.2) is 54.6 Å². The van der Waals surface area contributed by atoms with Gasteiger partial charge < -0.3 is 19.7 Å². The first-order chi connectivity index (χ1) is 8.15. The predicted octanol–water partition coefficient (Wildman–Crippen LogP) is 1.15. The molecule has 0 radical (unpaired) electrons. The van der Waals surface area contributed by atoms with Crippen LogP contribution in [0.3, 0.4) is 0 Å². The van der Waals surface area contributed by atoms with Gasteiger partial charge in [0.1, 0.15) is 0 Å². The molecule has 1 N–H and O–H groups in total. The van der Waals surface area contributed by atoms with E-state index in [-0.39, 0.29) is 12.2 Å². The third-order valence-electron chi connectivity index (χ3n) is 3.21. The van der Waals surface area contributed by atoms with Crippen molar-refractivity contribution in [3.05, 3.63) is 0 Å². The van der Waals surface area contributed by atoms with Gasteiger partial charge in [0.2, 0.25) is 0 Å². The summed E-state index contributed by atoms with van der Waals surface area (Å²) >= 11 is 5.42. The molecule has 2 aliphatic rings. The maximum Gasteiger partial charge on any atom is 0.169 e. The van der Waals surface area contributed by atoms with Gasteiger partial charge in [-0.2, -0.15) is 0 Å². The molecular formula is C12H22N2O2S. The highest BCUT2D eigenvalue weighted by Gasteiger charge is 2.24. The lowest BCUT2D eigenvalue weighted by molar-refractivity contribution is -0.0483. The molecule has 2 rings (SSSR count). The predicted molar refractivity (Wildman–Crippen MR) is 71.2 cm³/mol. The number of thiocarbonyl (C=S) groups is 1. The highest BCUT2D eigenvalue weighted by molar-refractivity contribution is 7.80.